The number of nitrogens with zero attached hydrogens (tertiary/aromatic N) is 1. The van der Waals surface area contributed by atoms with E-state index in [1.807, 2.05) is 18.2 Å². The highest BCUT2D eigenvalue weighted by Crippen LogP contribution is 2.37. The Kier molecular flexibility index (Phi) is 2.59. The molecule has 1 N–H and O–H groups in total. The van der Waals surface area contributed by atoms with Crippen LogP contribution in [0, 0.1) is 0 Å². The Hall–Kier alpha value is -1.81. The SMILES string of the molecule is CCOC(=O)c1[nH]nc2c1Cc1cc(Cl)ccc1-2. The van der Waals surface area contributed by atoms with Crippen molar-refractivity contribution < 1.29 is 9.53 Å². The second kappa shape index (κ2) is 4.14. The zero-order valence-electron chi connectivity index (χ0n) is 9.79. The molecular weight excluding hydrogens is 252 g/mol. The van der Waals surface area contributed by atoms with Gasteiger partial charge in [0.2, 0.25) is 0 Å². The van der Waals surface area contributed by atoms with Gasteiger partial charge in [0, 0.05) is 22.6 Å². The van der Waals surface area contributed by atoms with Crippen LogP contribution in [-0.2, 0) is 11.2 Å². The number of rotatable bonds is 2. The van der Waals surface area contributed by atoms with Crippen LogP contribution in [0.1, 0.15) is 28.5 Å². The molecule has 0 saturated heterocycles. The van der Waals surface area contributed by atoms with E-state index in [-0.39, 0.29) is 5.97 Å². The van der Waals surface area contributed by atoms with Crippen LogP contribution in [0.3, 0.4) is 0 Å². The fourth-order valence-electron chi connectivity index (χ4n) is 2.26. The van der Waals surface area contributed by atoms with E-state index in [1.54, 1.807) is 6.92 Å². The molecule has 0 spiro atoms. The van der Waals surface area contributed by atoms with E-state index >= 15 is 0 Å². The molecule has 18 heavy (non-hydrogen) atoms. The molecule has 0 bridgehead atoms. The lowest BCUT2D eigenvalue weighted by molar-refractivity contribution is 0.0518. The number of halogens is 1. The summed E-state index contributed by atoms with van der Waals surface area (Å²) in [6.45, 7) is 2.13. The van der Waals surface area contributed by atoms with Gasteiger partial charge in [0.1, 0.15) is 5.69 Å². The zero-order valence-corrected chi connectivity index (χ0v) is 10.5. The minimum Gasteiger partial charge on any atom is -0.461 e. The van der Waals surface area contributed by atoms with Crippen LogP contribution in [0.5, 0.6) is 0 Å². The number of ether oxygens (including phenoxy) is 1. The van der Waals surface area contributed by atoms with Crippen LogP contribution < -0.4 is 0 Å². The van der Waals surface area contributed by atoms with Crippen molar-refractivity contribution in [3.05, 3.63) is 40.0 Å². The van der Waals surface area contributed by atoms with E-state index in [1.165, 1.54) is 0 Å². The molecule has 92 valence electrons. The maximum atomic E-state index is 11.8. The Morgan fingerprint density at radius 2 is 2.39 bits per heavy atom. The second-order valence-corrected chi connectivity index (χ2v) is 4.56. The third kappa shape index (κ3) is 1.61. The van der Waals surface area contributed by atoms with Gasteiger partial charge in [-0.3, -0.25) is 5.10 Å². The van der Waals surface area contributed by atoms with E-state index in [9.17, 15) is 4.79 Å². The minimum atomic E-state index is -0.356. The lowest BCUT2D eigenvalue weighted by Crippen LogP contribution is -2.07. The van der Waals surface area contributed by atoms with Gasteiger partial charge < -0.3 is 4.74 Å². The zero-order chi connectivity index (χ0) is 12.7. The number of fused-ring (bicyclic) bond motifs is 3. The lowest BCUT2D eigenvalue weighted by atomic mass is 10.1. The molecule has 1 aromatic carbocycles. The molecule has 0 unspecified atom stereocenters. The maximum absolute atomic E-state index is 11.8. The van der Waals surface area contributed by atoms with Crippen LogP contribution in [-0.4, -0.2) is 22.8 Å². The Morgan fingerprint density at radius 3 is 3.17 bits per heavy atom. The average molecular weight is 263 g/mol. The normalized spacial score (nSPS) is 12.1. The number of nitrogens with one attached hydrogen (secondary N) is 1. The van der Waals surface area contributed by atoms with E-state index < -0.39 is 0 Å². The molecule has 0 atom stereocenters. The van der Waals surface area contributed by atoms with Gasteiger partial charge in [-0.2, -0.15) is 5.10 Å². The molecule has 1 aliphatic rings. The molecular formula is C13H11ClN2O2. The Morgan fingerprint density at radius 1 is 1.56 bits per heavy atom. The van der Waals surface area contributed by atoms with Gasteiger partial charge >= 0.3 is 5.97 Å². The third-order valence-electron chi connectivity index (χ3n) is 3.04. The summed E-state index contributed by atoms with van der Waals surface area (Å²) in [6.07, 6.45) is 0.663. The number of hydrogen-bond donors (Lipinski definition) is 1. The number of hydrogen-bond acceptors (Lipinski definition) is 3. The van der Waals surface area contributed by atoms with Gasteiger partial charge in [0.05, 0.1) is 12.3 Å². The molecule has 3 rings (SSSR count). The van der Waals surface area contributed by atoms with Crippen molar-refractivity contribution in [3.8, 4) is 11.3 Å². The first-order valence-electron chi connectivity index (χ1n) is 5.74. The van der Waals surface area contributed by atoms with Crippen molar-refractivity contribution in [2.75, 3.05) is 6.61 Å². The van der Waals surface area contributed by atoms with Crippen molar-refractivity contribution in [1.29, 1.82) is 0 Å². The van der Waals surface area contributed by atoms with Crippen LogP contribution in [0.4, 0.5) is 0 Å². The van der Waals surface area contributed by atoms with E-state index in [0.29, 0.717) is 23.7 Å². The number of carbonyl (C=O) groups is 1. The van der Waals surface area contributed by atoms with Crippen molar-refractivity contribution in [1.82, 2.24) is 10.2 Å². The maximum Gasteiger partial charge on any atom is 0.356 e. The molecule has 2 aromatic rings. The summed E-state index contributed by atoms with van der Waals surface area (Å²) in [5.41, 5.74) is 4.29. The molecule has 0 fully saturated rings. The highest BCUT2D eigenvalue weighted by Gasteiger charge is 2.28. The quantitative estimate of drug-likeness (QED) is 0.723. The van der Waals surface area contributed by atoms with Gasteiger partial charge in [0.25, 0.3) is 0 Å². The summed E-state index contributed by atoms with van der Waals surface area (Å²) < 4.78 is 5.00. The summed E-state index contributed by atoms with van der Waals surface area (Å²) in [7, 11) is 0. The summed E-state index contributed by atoms with van der Waals surface area (Å²) in [5, 5.41) is 7.66. The van der Waals surface area contributed by atoms with Gasteiger partial charge in [-0.25, -0.2) is 4.79 Å². The number of H-pyrrole nitrogens is 1. The first-order chi connectivity index (χ1) is 8.70. The molecule has 4 nitrogen and oxygen atoms in total. The van der Waals surface area contributed by atoms with Gasteiger partial charge in [0.15, 0.2) is 0 Å². The lowest BCUT2D eigenvalue weighted by Gasteiger charge is -2.01. The highest BCUT2D eigenvalue weighted by atomic mass is 35.5. The topological polar surface area (TPSA) is 55.0 Å². The van der Waals surface area contributed by atoms with Gasteiger partial charge in [-0.05, 0) is 24.6 Å². The highest BCUT2D eigenvalue weighted by molar-refractivity contribution is 6.30. The van der Waals surface area contributed by atoms with Crippen LogP contribution >= 0.6 is 11.6 Å². The molecule has 0 radical (unpaired) electrons. The summed E-state index contributed by atoms with van der Waals surface area (Å²) in [6, 6.07) is 5.67. The molecule has 0 aliphatic heterocycles. The average Bonchev–Trinajstić information content (AvgIpc) is 2.86. The van der Waals surface area contributed by atoms with Crippen molar-refractivity contribution >= 4 is 17.6 Å². The van der Waals surface area contributed by atoms with Crippen LogP contribution in [0.15, 0.2) is 18.2 Å². The fraction of sp³-hybridized carbons (Fsp3) is 0.231. The molecule has 0 amide bonds. The summed E-state index contributed by atoms with van der Waals surface area (Å²) >= 11 is 5.97. The first kappa shape index (κ1) is 11.3. The number of aromatic nitrogens is 2. The number of benzene rings is 1. The number of carbonyl (C=O) groups excluding carboxylic acids is 1. The fourth-order valence-corrected chi connectivity index (χ4v) is 2.46. The molecule has 1 aliphatic carbocycles. The van der Waals surface area contributed by atoms with E-state index in [0.717, 1.165) is 22.4 Å². The molecule has 0 saturated carbocycles. The first-order valence-corrected chi connectivity index (χ1v) is 6.11. The van der Waals surface area contributed by atoms with E-state index in [4.69, 9.17) is 16.3 Å². The largest absolute Gasteiger partial charge is 0.461 e. The van der Waals surface area contributed by atoms with Crippen LogP contribution in [0.25, 0.3) is 11.3 Å². The standard InChI is InChI=1S/C13H11ClN2O2/c1-2-18-13(17)12-10-6-7-5-8(14)3-4-9(7)11(10)15-16-12/h3-5H,2,6H2,1H3,(H,15,16). The molecule has 1 heterocycles. The molecule has 5 heteroatoms. The summed E-state index contributed by atoms with van der Waals surface area (Å²) in [4.78, 5) is 11.8. The number of esters is 1. The van der Waals surface area contributed by atoms with Gasteiger partial charge in [-0.1, -0.05) is 17.7 Å². The third-order valence-corrected chi connectivity index (χ3v) is 3.27. The van der Waals surface area contributed by atoms with Crippen molar-refractivity contribution in [2.24, 2.45) is 0 Å². The Bertz CT molecular complexity index is 634. The van der Waals surface area contributed by atoms with Gasteiger partial charge in [-0.15, -0.1) is 0 Å². The minimum absolute atomic E-state index is 0.353. The predicted molar refractivity (Wildman–Crippen MR) is 67.8 cm³/mol. The monoisotopic (exact) mass is 262 g/mol. The molecule has 1 aromatic heterocycles. The second-order valence-electron chi connectivity index (χ2n) is 4.12. The van der Waals surface area contributed by atoms with Crippen LogP contribution in [0.2, 0.25) is 5.02 Å². The van der Waals surface area contributed by atoms with Crippen molar-refractivity contribution in [3.63, 3.8) is 0 Å². The smallest absolute Gasteiger partial charge is 0.356 e. The number of aromatic amines is 1. The van der Waals surface area contributed by atoms with E-state index in [2.05, 4.69) is 10.2 Å². The Labute approximate surface area is 109 Å². The predicted octanol–water partition coefficient (Wildman–Crippen LogP) is 2.81. The summed E-state index contributed by atoms with van der Waals surface area (Å²) in [5.74, 6) is -0.356. The Balaban J connectivity index is 2.05. The van der Waals surface area contributed by atoms with Crippen molar-refractivity contribution in [2.45, 2.75) is 13.3 Å².